The Bertz CT molecular complexity index is 786. The number of aromatic nitrogens is 2. The number of rotatable bonds is 7. The summed E-state index contributed by atoms with van der Waals surface area (Å²) in [7, 11) is -3.19. The van der Waals surface area contributed by atoms with E-state index >= 15 is 0 Å². The Morgan fingerprint density at radius 3 is 2.62 bits per heavy atom. The van der Waals surface area contributed by atoms with E-state index in [2.05, 4.69) is 25.4 Å². The average molecular weight is 404 g/mol. The van der Waals surface area contributed by atoms with Crippen LogP contribution in [0.4, 0.5) is 16.4 Å². The van der Waals surface area contributed by atoms with Crippen molar-refractivity contribution in [3.63, 3.8) is 0 Å². The fourth-order valence-electron chi connectivity index (χ4n) is 1.80. The van der Waals surface area contributed by atoms with Crippen LogP contribution in [0, 0.1) is 6.57 Å². The first-order valence-corrected chi connectivity index (χ1v) is 10.1. The van der Waals surface area contributed by atoms with Crippen molar-refractivity contribution >= 4 is 39.2 Å². The van der Waals surface area contributed by atoms with Crippen LogP contribution in [0.15, 0.2) is 6.20 Å². The quantitative estimate of drug-likeness (QED) is 0.671. The van der Waals surface area contributed by atoms with Crippen LogP contribution in [0.2, 0.25) is 5.15 Å². The Labute approximate surface area is 158 Å². The molecule has 1 heterocycles. The van der Waals surface area contributed by atoms with Crippen LogP contribution in [0.1, 0.15) is 27.2 Å². The van der Waals surface area contributed by atoms with E-state index in [1.807, 2.05) is 0 Å². The lowest BCUT2D eigenvalue weighted by Gasteiger charge is -2.24. The molecule has 144 valence electrons. The van der Waals surface area contributed by atoms with Gasteiger partial charge in [0, 0.05) is 12.8 Å². The summed E-state index contributed by atoms with van der Waals surface area (Å²) in [5.74, 6) is 0.189. The predicted molar refractivity (Wildman–Crippen MR) is 99.3 cm³/mol. The van der Waals surface area contributed by atoms with Crippen LogP contribution in [-0.2, 0) is 14.6 Å². The molecule has 0 spiro atoms. The molecule has 2 N–H and O–H groups in total. The summed E-state index contributed by atoms with van der Waals surface area (Å²) in [6.45, 7) is 12.3. The third-order valence-corrected chi connectivity index (χ3v) is 4.14. The Kier molecular flexibility index (Phi) is 7.59. The van der Waals surface area contributed by atoms with Gasteiger partial charge in [-0.1, -0.05) is 18.2 Å². The summed E-state index contributed by atoms with van der Waals surface area (Å²) < 4.78 is 28.0. The highest BCUT2D eigenvalue weighted by Gasteiger charge is 2.21. The Morgan fingerprint density at radius 2 is 2.12 bits per heavy atom. The number of hydrogen-bond donors (Lipinski definition) is 2. The number of halogens is 1. The van der Waals surface area contributed by atoms with E-state index in [0.29, 0.717) is 5.82 Å². The van der Waals surface area contributed by atoms with Gasteiger partial charge < -0.3 is 20.2 Å². The van der Waals surface area contributed by atoms with Gasteiger partial charge in [-0.3, -0.25) is 0 Å². The highest BCUT2D eigenvalue weighted by atomic mass is 35.5. The lowest BCUT2D eigenvalue weighted by atomic mass is 10.2. The summed E-state index contributed by atoms with van der Waals surface area (Å²) in [6, 6.07) is -0.527. The Balaban J connectivity index is 2.76. The fourth-order valence-corrected chi connectivity index (χ4v) is 2.70. The summed E-state index contributed by atoms with van der Waals surface area (Å²) in [6.07, 6.45) is 2.00. The first kappa shape index (κ1) is 21.9. The maximum Gasteiger partial charge on any atom is 0.407 e. The molecule has 0 aromatic carbocycles. The number of carbonyl (C=O) groups excluding carboxylic acids is 1. The minimum absolute atomic E-state index is 0.0160. The first-order valence-electron chi connectivity index (χ1n) is 7.71. The zero-order valence-electron chi connectivity index (χ0n) is 15.0. The van der Waals surface area contributed by atoms with Crippen LogP contribution in [0.25, 0.3) is 4.85 Å². The lowest BCUT2D eigenvalue weighted by molar-refractivity contribution is 0.0506. The smallest absolute Gasteiger partial charge is 0.407 e. The van der Waals surface area contributed by atoms with Gasteiger partial charge in [0.1, 0.15) is 15.4 Å². The largest absolute Gasteiger partial charge is 0.444 e. The minimum Gasteiger partial charge on any atom is -0.444 e. The second-order valence-corrected chi connectivity index (χ2v) is 9.24. The summed E-state index contributed by atoms with van der Waals surface area (Å²) >= 11 is 5.83. The molecule has 1 atom stereocenters. The molecule has 0 fully saturated rings. The van der Waals surface area contributed by atoms with Gasteiger partial charge in [0.25, 0.3) is 0 Å². The van der Waals surface area contributed by atoms with Crippen molar-refractivity contribution in [2.45, 2.75) is 38.8 Å². The molecule has 9 nitrogen and oxygen atoms in total. The Morgan fingerprint density at radius 1 is 1.46 bits per heavy atom. The number of ether oxygens (including phenoxy) is 1. The highest BCUT2D eigenvalue weighted by molar-refractivity contribution is 7.90. The van der Waals surface area contributed by atoms with Crippen molar-refractivity contribution < 1.29 is 17.9 Å². The van der Waals surface area contributed by atoms with E-state index in [1.54, 1.807) is 20.8 Å². The Hall–Kier alpha value is -2.12. The van der Waals surface area contributed by atoms with Crippen LogP contribution >= 0.6 is 11.6 Å². The lowest BCUT2D eigenvalue weighted by Crippen LogP contribution is -2.43. The molecule has 0 radical (unpaired) electrons. The summed E-state index contributed by atoms with van der Waals surface area (Å²) in [4.78, 5) is 22.9. The van der Waals surface area contributed by atoms with Gasteiger partial charge in [-0.2, -0.15) is 0 Å². The average Bonchev–Trinajstić information content (AvgIpc) is 2.47. The number of nitrogens with one attached hydrogen (secondary N) is 2. The number of amides is 1. The van der Waals surface area contributed by atoms with E-state index in [0.717, 1.165) is 6.26 Å². The van der Waals surface area contributed by atoms with Crippen molar-refractivity contribution in [1.29, 1.82) is 0 Å². The monoisotopic (exact) mass is 403 g/mol. The van der Waals surface area contributed by atoms with Gasteiger partial charge in [0.05, 0.1) is 11.8 Å². The maximum absolute atomic E-state index is 11.9. The number of carbonyl (C=O) groups is 1. The van der Waals surface area contributed by atoms with Crippen molar-refractivity contribution in [2.75, 3.05) is 23.9 Å². The minimum atomic E-state index is -3.19. The molecule has 1 aromatic rings. The zero-order valence-corrected chi connectivity index (χ0v) is 16.6. The molecule has 1 amide bonds. The molecule has 1 unspecified atom stereocenters. The molecule has 0 saturated carbocycles. The van der Waals surface area contributed by atoms with E-state index in [9.17, 15) is 13.2 Å². The number of anilines is 1. The highest BCUT2D eigenvalue weighted by Crippen LogP contribution is 2.20. The fraction of sp³-hybridized carbons (Fsp3) is 0.600. The molecular weight excluding hydrogens is 382 g/mol. The SMILES string of the molecule is [C-]#[N+]c1ncc(NCC(CCS(C)(=O)=O)NC(=O)OC(C)(C)C)nc1Cl. The number of alkyl carbamates (subject to hydrolysis) is 1. The second kappa shape index (κ2) is 9.00. The number of nitrogens with zero attached hydrogens (tertiary/aromatic N) is 3. The van der Waals surface area contributed by atoms with Crippen molar-refractivity contribution in [3.8, 4) is 0 Å². The molecule has 0 aliphatic carbocycles. The molecule has 1 aromatic heterocycles. The maximum atomic E-state index is 11.9. The third kappa shape index (κ3) is 8.82. The van der Waals surface area contributed by atoms with Crippen molar-refractivity contribution in [2.24, 2.45) is 0 Å². The molecule has 0 saturated heterocycles. The molecular formula is C15H22ClN5O4S. The van der Waals surface area contributed by atoms with Gasteiger partial charge in [0.15, 0.2) is 17.2 Å². The molecule has 0 bridgehead atoms. The number of sulfone groups is 1. The predicted octanol–water partition coefficient (Wildman–Crippen LogP) is 2.42. The topological polar surface area (TPSA) is 115 Å². The van der Waals surface area contributed by atoms with Gasteiger partial charge in [-0.25, -0.2) is 18.2 Å². The van der Waals surface area contributed by atoms with Crippen molar-refractivity contribution in [1.82, 2.24) is 15.3 Å². The van der Waals surface area contributed by atoms with Crippen LogP contribution in [-0.4, -0.2) is 54.7 Å². The van der Waals surface area contributed by atoms with Crippen molar-refractivity contribution in [3.05, 3.63) is 22.8 Å². The normalized spacial score (nSPS) is 12.8. The van der Waals surface area contributed by atoms with Crippen LogP contribution in [0.3, 0.4) is 0 Å². The standard InChI is InChI=1S/C15H22ClN5O4S/c1-15(2,3)25-14(22)20-10(6-7-26(5,23)24)8-18-11-9-19-13(17-4)12(16)21-11/h9-10H,6-8H2,1-3,5H3,(H,18,21)(H,20,22). The first-order chi connectivity index (χ1) is 11.9. The zero-order chi connectivity index (χ0) is 20.0. The van der Waals surface area contributed by atoms with Crippen LogP contribution < -0.4 is 10.6 Å². The molecule has 0 aliphatic heterocycles. The van der Waals surface area contributed by atoms with Crippen LogP contribution in [0.5, 0.6) is 0 Å². The summed E-state index contributed by atoms with van der Waals surface area (Å²) in [5, 5.41) is 5.51. The van der Waals surface area contributed by atoms with E-state index < -0.39 is 27.6 Å². The van der Waals surface area contributed by atoms with E-state index in [-0.39, 0.29) is 29.7 Å². The molecule has 11 heteroatoms. The molecule has 1 rings (SSSR count). The molecule has 0 aliphatic rings. The van der Waals surface area contributed by atoms with Gasteiger partial charge in [-0.15, -0.1) is 4.98 Å². The molecule has 26 heavy (non-hydrogen) atoms. The van der Waals surface area contributed by atoms with Gasteiger partial charge >= 0.3 is 11.9 Å². The second-order valence-electron chi connectivity index (χ2n) is 6.62. The van der Waals surface area contributed by atoms with Gasteiger partial charge in [0.2, 0.25) is 0 Å². The third-order valence-electron chi connectivity index (χ3n) is 2.91. The van der Waals surface area contributed by atoms with E-state index in [4.69, 9.17) is 22.9 Å². The van der Waals surface area contributed by atoms with Gasteiger partial charge in [-0.05, 0) is 27.2 Å². The van der Waals surface area contributed by atoms with E-state index in [1.165, 1.54) is 6.20 Å². The number of hydrogen-bond acceptors (Lipinski definition) is 7. The summed E-state index contributed by atoms with van der Waals surface area (Å²) in [5.41, 5.74) is -0.673.